The van der Waals surface area contributed by atoms with Crippen molar-refractivity contribution in [3.05, 3.63) is 0 Å². The van der Waals surface area contributed by atoms with E-state index in [2.05, 4.69) is 6.92 Å². The minimum atomic E-state index is -0.179. The molecule has 4 heteroatoms. The Hall–Kier alpha value is -0.610. The molecule has 0 aromatic heterocycles. The molecule has 1 amide bonds. The first-order chi connectivity index (χ1) is 7.18. The summed E-state index contributed by atoms with van der Waals surface area (Å²) < 4.78 is 5.42. The van der Waals surface area contributed by atoms with Crippen LogP contribution in [0.4, 0.5) is 0 Å². The van der Waals surface area contributed by atoms with Crippen LogP contribution in [0.3, 0.4) is 0 Å². The van der Waals surface area contributed by atoms with E-state index in [0.717, 1.165) is 38.8 Å². The number of hydrogen-bond donors (Lipinski definition) is 1. The molecule has 15 heavy (non-hydrogen) atoms. The Labute approximate surface area is 90.8 Å². The summed E-state index contributed by atoms with van der Waals surface area (Å²) in [6, 6.07) is 0.527. The summed E-state index contributed by atoms with van der Waals surface area (Å²) in [5.74, 6) is 0.173. The minimum absolute atomic E-state index is 0.173. The van der Waals surface area contributed by atoms with Gasteiger partial charge in [-0.3, -0.25) is 4.79 Å². The second kappa shape index (κ2) is 4.49. The number of nitrogens with zero attached hydrogens (tertiary/aromatic N) is 1. The Morgan fingerprint density at radius 1 is 1.47 bits per heavy atom. The van der Waals surface area contributed by atoms with Crippen molar-refractivity contribution in [1.82, 2.24) is 4.90 Å². The van der Waals surface area contributed by atoms with Crippen LogP contribution in [-0.4, -0.2) is 42.1 Å². The largest absolute Gasteiger partial charge is 0.368 e. The van der Waals surface area contributed by atoms with Gasteiger partial charge < -0.3 is 15.4 Å². The minimum Gasteiger partial charge on any atom is -0.368 e. The highest BCUT2D eigenvalue weighted by atomic mass is 16.5. The predicted octanol–water partition coefficient (Wildman–Crippen LogP) is 0.504. The molecule has 2 rings (SSSR count). The van der Waals surface area contributed by atoms with Crippen LogP contribution in [0, 0.1) is 0 Å². The molecule has 4 nitrogen and oxygen atoms in total. The van der Waals surface area contributed by atoms with E-state index in [1.807, 2.05) is 4.90 Å². The smallest absolute Gasteiger partial charge is 0.251 e. The van der Waals surface area contributed by atoms with E-state index in [1.165, 1.54) is 0 Å². The van der Waals surface area contributed by atoms with E-state index in [9.17, 15) is 4.79 Å². The Morgan fingerprint density at radius 3 is 2.87 bits per heavy atom. The first kappa shape index (κ1) is 10.9. The molecule has 0 aromatic carbocycles. The first-order valence-electron chi connectivity index (χ1n) is 5.86. The van der Waals surface area contributed by atoms with E-state index < -0.39 is 0 Å². The standard InChI is InChI=1S/C11H20N2O2/c1-8-7-9(12)4-5-13(8)11(14)10-3-2-6-15-10/h8-10H,2-7,12H2,1H3. The van der Waals surface area contributed by atoms with Crippen LogP contribution in [0.2, 0.25) is 0 Å². The summed E-state index contributed by atoms with van der Waals surface area (Å²) in [4.78, 5) is 14.0. The molecule has 0 aromatic rings. The molecular weight excluding hydrogens is 192 g/mol. The van der Waals surface area contributed by atoms with Crippen LogP contribution in [0.25, 0.3) is 0 Å². The normalized spacial score (nSPS) is 36.9. The number of carbonyl (C=O) groups excluding carboxylic acids is 1. The fourth-order valence-corrected chi connectivity index (χ4v) is 2.49. The maximum absolute atomic E-state index is 12.1. The number of ether oxygens (including phenoxy) is 1. The molecule has 0 radical (unpaired) electrons. The molecule has 2 saturated heterocycles. The van der Waals surface area contributed by atoms with Gasteiger partial charge in [-0.05, 0) is 32.6 Å². The van der Waals surface area contributed by atoms with E-state index in [4.69, 9.17) is 10.5 Å². The van der Waals surface area contributed by atoms with Crippen molar-refractivity contribution in [2.24, 2.45) is 5.73 Å². The molecule has 3 atom stereocenters. The third-order valence-electron chi connectivity index (χ3n) is 3.40. The van der Waals surface area contributed by atoms with Crippen LogP contribution in [0.5, 0.6) is 0 Å². The van der Waals surface area contributed by atoms with Gasteiger partial charge in [0.2, 0.25) is 0 Å². The fraction of sp³-hybridized carbons (Fsp3) is 0.909. The lowest BCUT2D eigenvalue weighted by Crippen LogP contribution is -2.51. The van der Waals surface area contributed by atoms with Gasteiger partial charge in [0.15, 0.2) is 0 Å². The zero-order chi connectivity index (χ0) is 10.8. The highest BCUT2D eigenvalue weighted by Gasteiger charge is 2.33. The van der Waals surface area contributed by atoms with Gasteiger partial charge in [-0.1, -0.05) is 0 Å². The monoisotopic (exact) mass is 212 g/mol. The maximum Gasteiger partial charge on any atom is 0.251 e. The first-order valence-corrected chi connectivity index (χ1v) is 5.86. The predicted molar refractivity (Wildman–Crippen MR) is 57.4 cm³/mol. The highest BCUT2D eigenvalue weighted by Crippen LogP contribution is 2.21. The number of rotatable bonds is 1. The molecule has 0 spiro atoms. The summed E-state index contributed by atoms with van der Waals surface area (Å²) in [7, 11) is 0. The van der Waals surface area contributed by atoms with E-state index >= 15 is 0 Å². The van der Waals surface area contributed by atoms with Gasteiger partial charge in [0.05, 0.1) is 0 Å². The highest BCUT2D eigenvalue weighted by molar-refractivity contribution is 5.81. The molecule has 2 aliphatic heterocycles. The lowest BCUT2D eigenvalue weighted by Gasteiger charge is -2.37. The Bertz CT molecular complexity index is 239. The van der Waals surface area contributed by atoms with Crippen LogP contribution >= 0.6 is 0 Å². The number of carbonyl (C=O) groups is 1. The molecule has 2 aliphatic rings. The van der Waals surface area contributed by atoms with Gasteiger partial charge in [0.1, 0.15) is 6.10 Å². The average molecular weight is 212 g/mol. The van der Waals surface area contributed by atoms with E-state index in [1.54, 1.807) is 0 Å². The zero-order valence-electron chi connectivity index (χ0n) is 9.32. The Balaban J connectivity index is 1.94. The third kappa shape index (κ3) is 2.32. The molecule has 86 valence electrons. The van der Waals surface area contributed by atoms with Gasteiger partial charge in [-0.25, -0.2) is 0 Å². The quantitative estimate of drug-likeness (QED) is 0.688. The molecule has 0 aliphatic carbocycles. The van der Waals surface area contributed by atoms with Crippen molar-refractivity contribution in [3.8, 4) is 0 Å². The molecule has 2 fully saturated rings. The number of hydrogen-bond acceptors (Lipinski definition) is 3. The van der Waals surface area contributed by atoms with Gasteiger partial charge in [0.25, 0.3) is 5.91 Å². The van der Waals surface area contributed by atoms with Crippen molar-refractivity contribution >= 4 is 5.91 Å². The van der Waals surface area contributed by atoms with Crippen molar-refractivity contribution in [3.63, 3.8) is 0 Å². The van der Waals surface area contributed by atoms with Crippen molar-refractivity contribution < 1.29 is 9.53 Å². The lowest BCUT2D eigenvalue weighted by atomic mass is 9.98. The molecule has 3 unspecified atom stereocenters. The molecular formula is C11H20N2O2. The average Bonchev–Trinajstić information content (AvgIpc) is 2.69. The Morgan fingerprint density at radius 2 is 2.27 bits per heavy atom. The summed E-state index contributed by atoms with van der Waals surface area (Å²) in [5, 5.41) is 0. The fourth-order valence-electron chi connectivity index (χ4n) is 2.49. The van der Waals surface area contributed by atoms with Crippen LogP contribution in [0.1, 0.15) is 32.6 Å². The summed E-state index contributed by atoms with van der Waals surface area (Å²) in [5.41, 5.74) is 5.87. The van der Waals surface area contributed by atoms with Crippen molar-refractivity contribution in [2.75, 3.05) is 13.2 Å². The molecule has 0 bridgehead atoms. The second-order valence-electron chi connectivity index (χ2n) is 4.67. The summed E-state index contributed by atoms with van der Waals surface area (Å²) >= 11 is 0. The van der Waals surface area contributed by atoms with Crippen LogP contribution in [-0.2, 0) is 9.53 Å². The SMILES string of the molecule is CC1CC(N)CCN1C(=O)C1CCCO1. The topological polar surface area (TPSA) is 55.6 Å². The molecule has 0 saturated carbocycles. The lowest BCUT2D eigenvalue weighted by molar-refractivity contribution is -0.144. The summed E-state index contributed by atoms with van der Waals surface area (Å²) in [6.07, 6.45) is 3.55. The van der Waals surface area contributed by atoms with Crippen molar-refractivity contribution in [1.29, 1.82) is 0 Å². The van der Waals surface area contributed by atoms with Gasteiger partial charge in [-0.15, -0.1) is 0 Å². The van der Waals surface area contributed by atoms with Crippen LogP contribution < -0.4 is 5.73 Å². The molecule has 2 heterocycles. The van der Waals surface area contributed by atoms with Crippen molar-refractivity contribution in [2.45, 2.75) is 50.8 Å². The van der Waals surface area contributed by atoms with E-state index in [0.29, 0.717) is 0 Å². The zero-order valence-corrected chi connectivity index (χ0v) is 9.32. The summed E-state index contributed by atoms with van der Waals surface area (Å²) in [6.45, 7) is 3.60. The van der Waals surface area contributed by atoms with Gasteiger partial charge in [-0.2, -0.15) is 0 Å². The second-order valence-corrected chi connectivity index (χ2v) is 4.67. The molecule has 2 N–H and O–H groups in total. The van der Waals surface area contributed by atoms with Gasteiger partial charge in [0, 0.05) is 25.2 Å². The van der Waals surface area contributed by atoms with Crippen LogP contribution in [0.15, 0.2) is 0 Å². The number of amides is 1. The Kier molecular flexibility index (Phi) is 3.26. The maximum atomic E-state index is 12.1. The van der Waals surface area contributed by atoms with Gasteiger partial charge >= 0.3 is 0 Å². The number of nitrogens with two attached hydrogens (primary N) is 1. The van der Waals surface area contributed by atoms with E-state index in [-0.39, 0.29) is 24.1 Å². The number of piperidine rings is 1. The number of likely N-dealkylation sites (tertiary alicyclic amines) is 1. The third-order valence-corrected chi connectivity index (χ3v) is 3.40.